The Bertz CT molecular complexity index is 1280. The first-order valence-corrected chi connectivity index (χ1v) is 9.91. The molecule has 3 N–H and O–H groups in total. The first-order chi connectivity index (χ1) is 16.0. The van der Waals surface area contributed by atoms with Crippen LogP contribution in [-0.2, 0) is 0 Å². The van der Waals surface area contributed by atoms with Gasteiger partial charge in [-0.2, -0.15) is 5.10 Å². The fourth-order valence-corrected chi connectivity index (χ4v) is 3.08. The maximum absolute atomic E-state index is 12.7. The minimum Gasteiger partial charge on any atom is -0.507 e. The van der Waals surface area contributed by atoms with Gasteiger partial charge in [-0.25, -0.2) is 20.2 Å². The zero-order chi connectivity index (χ0) is 23.2. The quantitative estimate of drug-likeness (QED) is 0.309. The number of hydrogen-bond donors (Lipinski definition) is 3. The van der Waals surface area contributed by atoms with Crippen LogP contribution < -0.4 is 5.43 Å². The third-order valence-electron chi connectivity index (χ3n) is 4.70. The molecule has 0 aliphatic heterocycles. The van der Waals surface area contributed by atoms with Crippen molar-refractivity contribution < 1.29 is 19.8 Å². The van der Waals surface area contributed by atoms with Gasteiger partial charge >= 0.3 is 11.9 Å². The Labute approximate surface area is 188 Å². The van der Waals surface area contributed by atoms with Crippen LogP contribution in [0.5, 0.6) is 5.75 Å². The second-order valence-electron chi connectivity index (χ2n) is 6.97. The molecule has 8 nitrogen and oxygen atoms in total. The van der Waals surface area contributed by atoms with Crippen LogP contribution in [0, 0.1) is 0 Å². The minimum absolute atomic E-state index is 0.0655. The molecule has 0 saturated carbocycles. The van der Waals surface area contributed by atoms with E-state index in [1.54, 1.807) is 0 Å². The summed E-state index contributed by atoms with van der Waals surface area (Å²) in [6, 6.07) is 24.6. The number of amides is 1. The molecule has 162 valence electrons. The third kappa shape index (κ3) is 5.08. The SMILES string of the molecule is O=C(NN=Cc1ccc(O)c(C(=O)O)c1)c1nc(-c2ccccc2)cc(-c2ccccc2)n1. The van der Waals surface area contributed by atoms with E-state index in [2.05, 4.69) is 20.5 Å². The second-order valence-corrected chi connectivity index (χ2v) is 6.97. The Hall–Kier alpha value is -4.85. The van der Waals surface area contributed by atoms with Crippen LogP contribution in [0.25, 0.3) is 22.5 Å². The maximum Gasteiger partial charge on any atom is 0.339 e. The molecule has 1 aromatic heterocycles. The first-order valence-electron chi connectivity index (χ1n) is 9.91. The number of hydrazone groups is 1. The largest absolute Gasteiger partial charge is 0.507 e. The van der Waals surface area contributed by atoms with Crippen molar-refractivity contribution in [1.29, 1.82) is 0 Å². The lowest BCUT2D eigenvalue weighted by atomic mass is 10.1. The topological polar surface area (TPSA) is 125 Å². The normalized spacial score (nSPS) is 10.8. The van der Waals surface area contributed by atoms with Crippen molar-refractivity contribution in [2.24, 2.45) is 5.10 Å². The minimum atomic E-state index is -1.27. The zero-order valence-corrected chi connectivity index (χ0v) is 17.2. The average molecular weight is 438 g/mol. The Morgan fingerprint density at radius 2 is 1.39 bits per heavy atom. The fourth-order valence-electron chi connectivity index (χ4n) is 3.08. The maximum atomic E-state index is 12.7. The molecule has 0 bridgehead atoms. The zero-order valence-electron chi connectivity index (χ0n) is 17.2. The number of aromatic nitrogens is 2. The fraction of sp³-hybridized carbons (Fsp3) is 0. The molecule has 3 aromatic carbocycles. The molecule has 4 aromatic rings. The van der Waals surface area contributed by atoms with Gasteiger partial charge in [0.25, 0.3) is 0 Å². The molecular weight excluding hydrogens is 420 g/mol. The molecule has 0 aliphatic rings. The lowest BCUT2D eigenvalue weighted by Gasteiger charge is -2.08. The van der Waals surface area contributed by atoms with Crippen molar-refractivity contribution >= 4 is 18.1 Å². The lowest BCUT2D eigenvalue weighted by molar-refractivity contribution is 0.0693. The number of aromatic carboxylic acids is 1. The van der Waals surface area contributed by atoms with Crippen LogP contribution in [0.4, 0.5) is 0 Å². The molecule has 0 radical (unpaired) electrons. The van der Waals surface area contributed by atoms with Crippen molar-refractivity contribution in [2.45, 2.75) is 0 Å². The monoisotopic (exact) mass is 438 g/mol. The van der Waals surface area contributed by atoms with E-state index in [0.717, 1.165) is 11.1 Å². The number of phenols is 1. The Kier molecular flexibility index (Phi) is 6.17. The molecule has 33 heavy (non-hydrogen) atoms. The summed E-state index contributed by atoms with van der Waals surface area (Å²) in [5, 5.41) is 22.6. The molecule has 0 aliphatic carbocycles. The van der Waals surface area contributed by atoms with Gasteiger partial charge in [0.1, 0.15) is 11.3 Å². The second kappa shape index (κ2) is 9.52. The van der Waals surface area contributed by atoms with Gasteiger partial charge in [-0.3, -0.25) is 4.79 Å². The molecule has 0 atom stereocenters. The molecule has 0 fully saturated rings. The van der Waals surface area contributed by atoms with E-state index in [9.17, 15) is 14.7 Å². The highest BCUT2D eigenvalue weighted by molar-refractivity contribution is 5.95. The lowest BCUT2D eigenvalue weighted by Crippen LogP contribution is -2.21. The van der Waals surface area contributed by atoms with Gasteiger partial charge in [-0.15, -0.1) is 0 Å². The number of aromatic hydroxyl groups is 1. The van der Waals surface area contributed by atoms with Crippen molar-refractivity contribution in [2.75, 3.05) is 0 Å². The molecule has 0 saturated heterocycles. The summed E-state index contributed by atoms with van der Waals surface area (Å²) in [6.45, 7) is 0. The van der Waals surface area contributed by atoms with Crippen molar-refractivity contribution in [1.82, 2.24) is 15.4 Å². The van der Waals surface area contributed by atoms with Crippen LogP contribution >= 0.6 is 0 Å². The summed E-state index contributed by atoms with van der Waals surface area (Å²) in [6.07, 6.45) is 1.27. The van der Waals surface area contributed by atoms with E-state index in [-0.39, 0.29) is 17.1 Å². The van der Waals surface area contributed by atoms with Crippen LogP contribution in [0.2, 0.25) is 0 Å². The number of carboxylic acids is 1. The highest BCUT2D eigenvalue weighted by Crippen LogP contribution is 2.23. The van der Waals surface area contributed by atoms with E-state index in [1.807, 2.05) is 66.7 Å². The smallest absolute Gasteiger partial charge is 0.339 e. The van der Waals surface area contributed by atoms with E-state index in [0.29, 0.717) is 17.0 Å². The van der Waals surface area contributed by atoms with E-state index < -0.39 is 11.9 Å². The van der Waals surface area contributed by atoms with Gasteiger partial charge in [0.15, 0.2) is 0 Å². The van der Waals surface area contributed by atoms with Crippen molar-refractivity contribution in [3.05, 3.63) is 102 Å². The Balaban J connectivity index is 1.62. The standard InChI is InChI=1S/C25H18N4O4/c30-22-12-11-16(13-19(22)25(32)33)15-26-29-24(31)23-27-20(17-7-3-1-4-8-17)14-21(28-23)18-9-5-2-6-10-18/h1-15,30H,(H,29,31)(H,32,33). The van der Waals surface area contributed by atoms with Crippen LogP contribution in [0.15, 0.2) is 90.0 Å². The first kappa shape index (κ1) is 21.4. The van der Waals surface area contributed by atoms with Crippen LogP contribution in [-0.4, -0.2) is 38.3 Å². The highest BCUT2D eigenvalue weighted by atomic mass is 16.4. The summed E-state index contributed by atoms with van der Waals surface area (Å²) < 4.78 is 0. The summed E-state index contributed by atoms with van der Waals surface area (Å²) >= 11 is 0. The number of benzene rings is 3. The van der Waals surface area contributed by atoms with Gasteiger partial charge < -0.3 is 10.2 Å². The summed E-state index contributed by atoms with van der Waals surface area (Å²) in [7, 11) is 0. The average Bonchev–Trinajstić information content (AvgIpc) is 2.85. The molecule has 0 spiro atoms. The number of nitrogens with zero attached hydrogens (tertiary/aromatic N) is 3. The summed E-state index contributed by atoms with van der Waals surface area (Å²) in [5.41, 5.74) is 5.32. The van der Waals surface area contributed by atoms with E-state index >= 15 is 0 Å². The number of nitrogens with one attached hydrogen (secondary N) is 1. The third-order valence-corrected chi connectivity index (χ3v) is 4.70. The van der Waals surface area contributed by atoms with Crippen LogP contribution in [0.1, 0.15) is 26.5 Å². The number of rotatable bonds is 6. The predicted octanol–water partition coefficient (Wildman–Crippen LogP) is 3.98. The van der Waals surface area contributed by atoms with E-state index in [1.165, 1.54) is 24.4 Å². The van der Waals surface area contributed by atoms with Gasteiger partial charge in [-0.05, 0) is 29.8 Å². The molecule has 1 heterocycles. The molecule has 0 unspecified atom stereocenters. The Morgan fingerprint density at radius 3 is 1.94 bits per heavy atom. The molecular formula is C25H18N4O4. The number of carbonyl (C=O) groups is 2. The number of carbonyl (C=O) groups excluding carboxylic acids is 1. The van der Waals surface area contributed by atoms with Crippen molar-refractivity contribution in [3.63, 3.8) is 0 Å². The van der Waals surface area contributed by atoms with Crippen LogP contribution in [0.3, 0.4) is 0 Å². The van der Waals surface area contributed by atoms with Gasteiger partial charge in [0, 0.05) is 11.1 Å². The number of carboxylic acid groups (broad SMARTS) is 1. The summed E-state index contributed by atoms with van der Waals surface area (Å²) in [5.74, 6) is -2.32. The molecule has 8 heteroatoms. The number of hydrogen-bond acceptors (Lipinski definition) is 6. The summed E-state index contributed by atoms with van der Waals surface area (Å²) in [4.78, 5) is 32.7. The van der Waals surface area contributed by atoms with Crippen molar-refractivity contribution in [3.8, 4) is 28.3 Å². The van der Waals surface area contributed by atoms with Gasteiger partial charge in [0.2, 0.25) is 5.82 Å². The molecule has 1 amide bonds. The Morgan fingerprint density at radius 1 is 0.818 bits per heavy atom. The van der Waals surface area contributed by atoms with E-state index in [4.69, 9.17) is 5.11 Å². The van der Waals surface area contributed by atoms with Gasteiger partial charge in [0.05, 0.1) is 17.6 Å². The highest BCUT2D eigenvalue weighted by Gasteiger charge is 2.14. The van der Waals surface area contributed by atoms with Gasteiger partial charge in [-0.1, -0.05) is 60.7 Å². The molecule has 4 rings (SSSR count). The predicted molar refractivity (Wildman–Crippen MR) is 123 cm³/mol.